The number of rotatable bonds is 4. The van der Waals surface area contributed by atoms with Crippen molar-refractivity contribution in [1.82, 2.24) is 4.57 Å². The number of hydrogen-bond donors (Lipinski definition) is 0. The molecule has 0 aliphatic carbocycles. The number of nitriles is 1. The van der Waals surface area contributed by atoms with Crippen LogP contribution in [0, 0.1) is 11.3 Å². The second-order valence-electron chi connectivity index (χ2n) is 12.8. The molecule has 10 aromatic rings. The predicted octanol–water partition coefficient (Wildman–Crippen LogP) is 12.6. The first kappa shape index (κ1) is 27.4. The maximum atomic E-state index is 9.66. The van der Waals surface area contributed by atoms with Gasteiger partial charge in [-0.3, -0.25) is 0 Å². The van der Waals surface area contributed by atoms with Crippen LogP contribution in [0.2, 0.25) is 0 Å². The molecule has 1 heterocycles. The van der Waals surface area contributed by atoms with Crippen LogP contribution < -0.4 is 0 Å². The maximum Gasteiger partial charge on any atom is 0.0992 e. The first-order valence-electron chi connectivity index (χ1n) is 16.7. The van der Waals surface area contributed by atoms with Gasteiger partial charge in [0.1, 0.15) is 0 Å². The van der Waals surface area contributed by atoms with E-state index in [0.717, 1.165) is 27.7 Å². The summed E-state index contributed by atoms with van der Waals surface area (Å²) in [6.45, 7) is 0. The molecule has 0 unspecified atom stereocenters. The minimum Gasteiger partial charge on any atom is -0.309 e. The van der Waals surface area contributed by atoms with Crippen LogP contribution in [0.3, 0.4) is 0 Å². The Kier molecular flexibility index (Phi) is 5.97. The minimum atomic E-state index is 0.659. The number of hydrogen-bond acceptors (Lipinski definition) is 1. The summed E-state index contributed by atoms with van der Waals surface area (Å²) in [6.07, 6.45) is 0. The molecule has 10 rings (SSSR count). The molecule has 0 fully saturated rings. The van der Waals surface area contributed by atoms with Gasteiger partial charge in [0.2, 0.25) is 0 Å². The lowest BCUT2D eigenvalue weighted by atomic mass is 9.87. The third-order valence-electron chi connectivity index (χ3n) is 10.2. The van der Waals surface area contributed by atoms with E-state index in [4.69, 9.17) is 0 Å². The summed E-state index contributed by atoms with van der Waals surface area (Å²) in [7, 11) is 0. The Morgan fingerprint density at radius 2 is 0.878 bits per heavy atom. The van der Waals surface area contributed by atoms with E-state index in [1.807, 2.05) is 18.2 Å². The molecule has 9 aromatic carbocycles. The van der Waals surface area contributed by atoms with Crippen molar-refractivity contribution in [3.05, 3.63) is 175 Å². The van der Waals surface area contributed by atoms with Gasteiger partial charge in [-0.15, -0.1) is 0 Å². The molecule has 2 heteroatoms. The Morgan fingerprint density at radius 3 is 1.51 bits per heavy atom. The van der Waals surface area contributed by atoms with Crippen LogP contribution >= 0.6 is 0 Å². The van der Waals surface area contributed by atoms with Gasteiger partial charge in [0.25, 0.3) is 0 Å². The normalized spacial score (nSPS) is 11.7. The molecular weight excluding hydrogens is 593 g/mol. The van der Waals surface area contributed by atoms with Crippen molar-refractivity contribution in [2.45, 2.75) is 0 Å². The summed E-state index contributed by atoms with van der Waals surface area (Å²) in [5.74, 6) is 0. The first-order chi connectivity index (χ1) is 24.2. The quantitative estimate of drug-likeness (QED) is 0.180. The van der Waals surface area contributed by atoms with Crippen molar-refractivity contribution in [2.24, 2.45) is 0 Å². The lowest BCUT2D eigenvalue weighted by Crippen LogP contribution is -1.93. The molecular formula is C47H28N2. The zero-order valence-electron chi connectivity index (χ0n) is 26.6. The van der Waals surface area contributed by atoms with E-state index >= 15 is 0 Å². The molecule has 0 aliphatic heterocycles. The molecule has 2 nitrogen and oxygen atoms in total. The van der Waals surface area contributed by atoms with Gasteiger partial charge in [-0.2, -0.15) is 5.26 Å². The van der Waals surface area contributed by atoms with Crippen LogP contribution in [-0.2, 0) is 0 Å². The Balaban J connectivity index is 1.10. The molecule has 0 radical (unpaired) electrons. The van der Waals surface area contributed by atoms with Crippen molar-refractivity contribution in [1.29, 1.82) is 5.26 Å². The maximum absolute atomic E-state index is 9.66. The number of aromatic nitrogens is 1. The number of para-hydroxylation sites is 1. The predicted molar refractivity (Wildman–Crippen MR) is 206 cm³/mol. The monoisotopic (exact) mass is 620 g/mol. The highest BCUT2D eigenvalue weighted by Crippen LogP contribution is 2.43. The molecule has 226 valence electrons. The zero-order valence-corrected chi connectivity index (χ0v) is 26.6. The van der Waals surface area contributed by atoms with E-state index in [9.17, 15) is 5.26 Å². The van der Waals surface area contributed by atoms with Crippen molar-refractivity contribution in [2.75, 3.05) is 0 Å². The first-order valence-corrected chi connectivity index (χ1v) is 16.7. The van der Waals surface area contributed by atoms with Gasteiger partial charge < -0.3 is 4.57 Å². The van der Waals surface area contributed by atoms with Crippen molar-refractivity contribution >= 4 is 54.1 Å². The van der Waals surface area contributed by atoms with E-state index in [2.05, 4.69) is 162 Å². The van der Waals surface area contributed by atoms with Crippen LogP contribution in [-0.4, -0.2) is 4.57 Å². The Hall–Kier alpha value is -6.69. The highest BCUT2D eigenvalue weighted by Gasteiger charge is 2.16. The van der Waals surface area contributed by atoms with E-state index in [1.165, 1.54) is 65.5 Å². The molecule has 0 saturated carbocycles. The zero-order chi connectivity index (χ0) is 32.5. The van der Waals surface area contributed by atoms with Crippen LogP contribution in [0.1, 0.15) is 5.56 Å². The fraction of sp³-hybridized carbons (Fsp3) is 0. The van der Waals surface area contributed by atoms with E-state index in [-0.39, 0.29) is 0 Å². The fourth-order valence-corrected chi connectivity index (χ4v) is 7.89. The lowest BCUT2D eigenvalue weighted by Gasteiger charge is -2.16. The van der Waals surface area contributed by atoms with Gasteiger partial charge in [-0.1, -0.05) is 140 Å². The molecule has 0 saturated heterocycles. The molecule has 0 N–H and O–H groups in total. The van der Waals surface area contributed by atoms with Gasteiger partial charge in [0, 0.05) is 16.5 Å². The van der Waals surface area contributed by atoms with Gasteiger partial charge in [0.15, 0.2) is 0 Å². The third-order valence-corrected chi connectivity index (χ3v) is 10.2. The smallest absolute Gasteiger partial charge is 0.0992 e. The van der Waals surface area contributed by atoms with Gasteiger partial charge in [-0.25, -0.2) is 0 Å². The van der Waals surface area contributed by atoms with Gasteiger partial charge >= 0.3 is 0 Å². The van der Waals surface area contributed by atoms with Crippen LogP contribution in [0.4, 0.5) is 0 Å². The number of benzene rings is 9. The highest BCUT2D eigenvalue weighted by atomic mass is 15.0. The Bertz CT molecular complexity index is 2910. The summed E-state index contributed by atoms with van der Waals surface area (Å²) >= 11 is 0. The second kappa shape index (κ2) is 10.7. The van der Waals surface area contributed by atoms with Gasteiger partial charge in [-0.05, 0) is 96.0 Å². The molecule has 0 aliphatic rings. The fourth-order valence-electron chi connectivity index (χ4n) is 7.89. The molecule has 1 aromatic heterocycles. The molecule has 0 atom stereocenters. The molecule has 0 bridgehead atoms. The highest BCUT2D eigenvalue weighted by molar-refractivity contribution is 6.27. The second-order valence-corrected chi connectivity index (χ2v) is 12.8. The minimum absolute atomic E-state index is 0.659. The summed E-state index contributed by atoms with van der Waals surface area (Å²) < 4.78 is 2.28. The molecule has 49 heavy (non-hydrogen) atoms. The SMILES string of the molecule is N#Cc1ccc2c3ccc(-c4ccc(-c5ccc6ccc7c(-c8ccccc8)ccc8ccc5c6c87)cc4)cc3n(-c3ccccc3)c2c1. The van der Waals surface area contributed by atoms with Crippen molar-refractivity contribution in [3.8, 4) is 45.1 Å². The standard InChI is InChI=1S/C47H28N2/c48-29-30-11-21-40-41-24-20-36(28-45(41)49(44(40)27-30)37-9-5-2-6-10-37)31-12-14-33(15-13-31)39-23-17-35-18-25-42-38(32-7-3-1-4-8-32)22-16-34-19-26-43(39)47(35)46(34)42/h1-28H. The lowest BCUT2D eigenvalue weighted by molar-refractivity contribution is 1.18. The van der Waals surface area contributed by atoms with Crippen molar-refractivity contribution in [3.63, 3.8) is 0 Å². The topological polar surface area (TPSA) is 28.7 Å². The third kappa shape index (κ3) is 4.20. The molecule has 0 amide bonds. The van der Waals surface area contributed by atoms with E-state index in [1.54, 1.807) is 0 Å². The average Bonchev–Trinajstić information content (AvgIpc) is 3.50. The summed E-state index contributed by atoms with van der Waals surface area (Å²) in [5, 5.41) is 19.7. The van der Waals surface area contributed by atoms with Crippen LogP contribution in [0.5, 0.6) is 0 Å². The number of fused-ring (bicyclic) bond motifs is 3. The average molecular weight is 621 g/mol. The number of nitrogens with zero attached hydrogens (tertiary/aromatic N) is 2. The van der Waals surface area contributed by atoms with Crippen LogP contribution in [0.15, 0.2) is 170 Å². The van der Waals surface area contributed by atoms with Crippen LogP contribution in [0.25, 0.3) is 93.2 Å². The Morgan fingerprint density at radius 1 is 0.388 bits per heavy atom. The van der Waals surface area contributed by atoms with E-state index in [0.29, 0.717) is 5.56 Å². The van der Waals surface area contributed by atoms with E-state index < -0.39 is 0 Å². The largest absolute Gasteiger partial charge is 0.309 e. The summed E-state index contributed by atoms with van der Waals surface area (Å²) in [4.78, 5) is 0. The summed E-state index contributed by atoms with van der Waals surface area (Å²) in [6, 6.07) is 63.3. The molecule has 0 spiro atoms. The van der Waals surface area contributed by atoms with Gasteiger partial charge in [0.05, 0.1) is 22.7 Å². The van der Waals surface area contributed by atoms with Crippen molar-refractivity contribution < 1.29 is 0 Å². The Labute approximate surface area is 283 Å². The summed E-state index contributed by atoms with van der Waals surface area (Å²) in [5.41, 5.74) is 11.2.